The molecule has 1 aliphatic heterocycles. The van der Waals surface area contributed by atoms with Crippen LogP contribution in [-0.4, -0.2) is 73.4 Å². The molecule has 1 heterocycles. The number of aliphatic hydroxyl groups is 1. The first kappa shape index (κ1) is 14.9. The standard InChI is InChI=1S/C13H29N3O/c1-5-14-13(2,11-17)10-16-8-6-12(7-9-16)15(3)4/h12,14,17H,5-11H2,1-4H3. The highest BCUT2D eigenvalue weighted by Gasteiger charge is 2.28. The molecule has 1 unspecified atom stereocenters. The van der Waals surface area contributed by atoms with Crippen molar-refractivity contribution in [2.24, 2.45) is 0 Å². The van der Waals surface area contributed by atoms with E-state index in [1.165, 1.54) is 12.8 Å². The summed E-state index contributed by atoms with van der Waals surface area (Å²) in [5, 5.41) is 12.9. The molecule has 1 rings (SSSR count). The predicted molar refractivity (Wildman–Crippen MR) is 72.3 cm³/mol. The molecular formula is C13H29N3O. The molecular weight excluding hydrogens is 214 g/mol. The SMILES string of the molecule is CCNC(C)(CO)CN1CCC(N(C)C)CC1. The number of piperidine rings is 1. The normalized spacial score (nSPS) is 22.9. The van der Waals surface area contributed by atoms with Crippen LogP contribution in [0.2, 0.25) is 0 Å². The number of likely N-dealkylation sites (N-methyl/N-ethyl adjacent to an activating group) is 1. The average Bonchev–Trinajstić information content (AvgIpc) is 2.30. The molecule has 1 saturated heterocycles. The van der Waals surface area contributed by atoms with Gasteiger partial charge in [0.2, 0.25) is 0 Å². The van der Waals surface area contributed by atoms with Crippen molar-refractivity contribution in [1.29, 1.82) is 0 Å². The maximum atomic E-state index is 9.49. The van der Waals surface area contributed by atoms with Crippen molar-refractivity contribution >= 4 is 0 Å². The third-order valence-corrected chi connectivity index (χ3v) is 3.81. The van der Waals surface area contributed by atoms with E-state index in [0.29, 0.717) is 0 Å². The lowest BCUT2D eigenvalue weighted by Crippen LogP contribution is -2.56. The van der Waals surface area contributed by atoms with E-state index < -0.39 is 0 Å². The van der Waals surface area contributed by atoms with E-state index >= 15 is 0 Å². The van der Waals surface area contributed by atoms with Gasteiger partial charge in [-0.1, -0.05) is 6.92 Å². The van der Waals surface area contributed by atoms with Gasteiger partial charge in [0.1, 0.15) is 0 Å². The van der Waals surface area contributed by atoms with Crippen molar-refractivity contribution in [2.75, 3.05) is 46.9 Å². The Balaban J connectivity index is 2.38. The Labute approximate surface area is 106 Å². The second kappa shape index (κ2) is 6.69. The summed E-state index contributed by atoms with van der Waals surface area (Å²) >= 11 is 0. The highest BCUT2D eigenvalue weighted by molar-refractivity contribution is 4.88. The average molecular weight is 243 g/mol. The molecule has 17 heavy (non-hydrogen) atoms. The Kier molecular flexibility index (Phi) is 5.86. The first-order valence-corrected chi connectivity index (χ1v) is 6.75. The monoisotopic (exact) mass is 243 g/mol. The van der Waals surface area contributed by atoms with E-state index in [1.54, 1.807) is 0 Å². The Morgan fingerprint density at radius 1 is 1.35 bits per heavy atom. The van der Waals surface area contributed by atoms with Crippen LogP contribution >= 0.6 is 0 Å². The van der Waals surface area contributed by atoms with E-state index in [0.717, 1.165) is 32.2 Å². The molecule has 0 aromatic carbocycles. The summed E-state index contributed by atoms with van der Waals surface area (Å²) in [6, 6.07) is 0.728. The van der Waals surface area contributed by atoms with E-state index in [2.05, 4.69) is 43.1 Å². The van der Waals surface area contributed by atoms with Crippen LogP contribution in [0.15, 0.2) is 0 Å². The fourth-order valence-electron chi connectivity index (χ4n) is 2.68. The van der Waals surface area contributed by atoms with Gasteiger partial charge in [-0.25, -0.2) is 0 Å². The summed E-state index contributed by atoms with van der Waals surface area (Å²) in [6.45, 7) is 8.53. The number of likely N-dealkylation sites (tertiary alicyclic amines) is 1. The minimum atomic E-state index is -0.153. The molecule has 4 heteroatoms. The zero-order valence-electron chi connectivity index (χ0n) is 11.9. The van der Waals surface area contributed by atoms with Crippen molar-refractivity contribution in [3.63, 3.8) is 0 Å². The second-order valence-electron chi connectivity index (χ2n) is 5.72. The number of rotatable bonds is 6. The zero-order valence-corrected chi connectivity index (χ0v) is 11.9. The maximum absolute atomic E-state index is 9.49. The number of aliphatic hydroxyl groups excluding tert-OH is 1. The predicted octanol–water partition coefficient (Wildman–Crippen LogP) is 0.373. The lowest BCUT2D eigenvalue weighted by atomic mass is 9.99. The summed E-state index contributed by atoms with van der Waals surface area (Å²) in [4.78, 5) is 4.80. The van der Waals surface area contributed by atoms with Crippen LogP contribution in [0, 0.1) is 0 Å². The fraction of sp³-hybridized carbons (Fsp3) is 1.00. The molecule has 1 aliphatic rings. The molecule has 0 aromatic rings. The lowest BCUT2D eigenvalue weighted by Gasteiger charge is -2.40. The summed E-state index contributed by atoms with van der Waals surface area (Å²) < 4.78 is 0. The smallest absolute Gasteiger partial charge is 0.0623 e. The molecule has 1 atom stereocenters. The highest BCUT2D eigenvalue weighted by Crippen LogP contribution is 2.16. The van der Waals surface area contributed by atoms with E-state index in [9.17, 15) is 5.11 Å². The van der Waals surface area contributed by atoms with Gasteiger partial charge in [-0.15, -0.1) is 0 Å². The first-order valence-electron chi connectivity index (χ1n) is 6.75. The second-order valence-corrected chi connectivity index (χ2v) is 5.72. The Bertz CT molecular complexity index is 215. The lowest BCUT2D eigenvalue weighted by molar-refractivity contribution is 0.0870. The Morgan fingerprint density at radius 3 is 2.35 bits per heavy atom. The van der Waals surface area contributed by atoms with Crippen LogP contribution in [0.4, 0.5) is 0 Å². The third kappa shape index (κ3) is 4.54. The van der Waals surface area contributed by atoms with E-state index in [1.807, 2.05) is 0 Å². The fourth-order valence-corrected chi connectivity index (χ4v) is 2.68. The van der Waals surface area contributed by atoms with Crippen LogP contribution in [-0.2, 0) is 0 Å². The summed E-state index contributed by atoms with van der Waals surface area (Å²) in [5.74, 6) is 0. The highest BCUT2D eigenvalue weighted by atomic mass is 16.3. The number of nitrogens with one attached hydrogen (secondary N) is 1. The zero-order chi connectivity index (χ0) is 12.9. The molecule has 102 valence electrons. The van der Waals surface area contributed by atoms with Gasteiger partial charge < -0.3 is 20.2 Å². The third-order valence-electron chi connectivity index (χ3n) is 3.81. The van der Waals surface area contributed by atoms with Crippen LogP contribution in [0.1, 0.15) is 26.7 Å². The molecule has 0 radical (unpaired) electrons. The molecule has 2 N–H and O–H groups in total. The van der Waals surface area contributed by atoms with Gasteiger partial charge in [-0.3, -0.25) is 0 Å². The Morgan fingerprint density at radius 2 is 1.94 bits per heavy atom. The van der Waals surface area contributed by atoms with Crippen molar-refractivity contribution in [3.05, 3.63) is 0 Å². The van der Waals surface area contributed by atoms with Crippen molar-refractivity contribution in [1.82, 2.24) is 15.1 Å². The summed E-state index contributed by atoms with van der Waals surface area (Å²) in [5.41, 5.74) is -0.153. The first-order chi connectivity index (χ1) is 8.00. The van der Waals surface area contributed by atoms with E-state index in [-0.39, 0.29) is 12.1 Å². The minimum absolute atomic E-state index is 0.153. The molecule has 0 spiro atoms. The van der Waals surface area contributed by atoms with Gasteiger partial charge in [0.05, 0.1) is 12.1 Å². The van der Waals surface area contributed by atoms with Gasteiger partial charge in [-0.05, 0) is 53.5 Å². The molecule has 0 aromatic heterocycles. The van der Waals surface area contributed by atoms with E-state index in [4.69, 9.17) is 0 Å². The van der Waals surface area contributed by atoms with Gasteiger partial charge in [-0.2, -0.15) is 0 Å². The van der Waals surface area contributed by atoms with Gasteiger partial charge in [0, 0.05) is 12.6 Å². The molecule has 4 nitrogen and oxygen atoms in total. The number of hydrogen-bond donors (Lipinski definition) is 2. The summed E-state index contributed by atoms with van der Waals surface area (Å²) in [6.07, 6.45) is 2.47. The van der Waals surface area contributed by atoms with Gasteiger partial charge >= 0.3 is 0 Å². The largest absolute Gasteiger partial charge is 0.394 e. The number of nitrogens with zero attached hydrogens (tertiary/aromatic N) is 2. The van der Waals surface area contributed by atoms with Crippen LogP contribution in [0.5, 0.6) is 0 Å². The molecule has 0 aliphatic carbocycles. The minimum Gasteiger partial charge on any atom is -0.394 e. The van der Waals surface area contributed by atoms with Gasteiger partial charge in [0.25, 0.3) is 0 Å². The van der Waals surface area contributed by atoms with Crippen molar-refractivity contribution < 1.29 is 5.11 Å². The Hall–Kier alpha value is -0.160. The molecule has 1 fully saturated rings. The molecule has 0 saturated carbocycles. The topological polar surface area (TPSA) is 38.7 Å². The van der Waals surface area contributed by atoms with Crippen molar-refractivity contribution in [3.8, 4) is 0 Å². The number of hydrogen-bond acceptors (Lipinski definition) is 4. The molecule has 0 bridgehead atoms. The maximum Gasteiger partial charge on any atom is 0.0623 e. The molecule has 0 amide bonds. The van der Waals surface area contributed by atoms with Crippen molar-refractivity contribution in [2.45, 2.75) is 38.3 Å². The summed E-state index contributed by atoms with van der Waals surface area (Å²) in [7, 11) is 4.33. The van der Waals surface area contributed by atoms with Crippen LogP contribution in [0.3, 0.4) is 0 Å². The quantitative estimate of drug-likeness (QED) is 0.707. The van der Waals surface area contributed by atoms with Crippen LogP contribution < -0.4 is 5.32 Å². The van der Waals surface area contributed by atoms with Gasteiger partial charge in [0.15, 0.2) is 0 Å². The van der Waals surface area contributed by atoms with Crippen LogP contribution in [0.25, 0.3) is 0 Å².